The summed E-state index contributed by atoms with van der Waals surface area (Å²) in [6.07, 6.45) is 0.674. The number of hydrogen-bond donors (Lipinski definition) is 1. The molecule has 2 nitrogen and oxygen atoms in total. The summed E-state index contributed by atoms with van der Waals surface area (Å²) in [7, 11) is 1.91. The minimum absolute atomic E-state index is 0.0550. The number of halogens is 2. The van der Waals surface area contributed by atoms with Gasteiger partial charge in [-0.3, -0.25) is 4.90 Å². The number of nitrogens with zero attached hydrogens (tertiary/aromatic N) is 1. The smallest absolute Gasteiger partial charge is 0.260 e. The summed E-state index contributed by atoms with van der Waals surface area (Å²) < 4.78 is 26.3. The van der Waals surface area contributed by atoms with Crippen molar-refractivity contribution in [3.63, 3.8) is 0 Å². The van der Waals surface area contributed by atoms with Gasteiger partial charge in [-0.15, -0.1) is 0 Å². The van der Waals surface area contributed by atoms with E-state index < -0.39 is 5.92 Å². The van der Waals surface area contributed by atoms with Crippen LogP contribution in [0.1, 0.15) is 26.7 Å². The highest BCUT2D eigenvalue weighted by molar-refractivity contribution is 4.81. The number of alkyl halides is 2. The Kier molecular flexibility index (Phi) is 4.46. The fraction of sp³-hybridized carbons (Fsp3) is 1.00. The normalized spacial score (nSPS) is 26.2. The zero-order valence-electron chi connectivity index (χ0n) is 9.89. The van der Waals surface area contributed by atoms with Gasteiger partial charge in [-0.1, -0.05) is 6.92 Å². The van der Waals surface area contributed by atoms with Crippen molar-refractivity contribution in [2.24, 2.45) is 5.92 Å². The molecule has 90 valence electrons. The van der Waals surface area contributed by atoms with Crippen molar-refractivity contribution in [1.82, 2.24) is 10.2 Å². The van der Waals surface area contributed by atoms with Crippen LogP contribution in [0.25, 0.3) is 0 Å². The van der Waals surface area contributed by atoms with E-state index in [1.165, 1.54) is 0 Å². The summed E-state index contributed by atoms with van der Waals surface area (Å²) in [6.45, 7) is 5.71. The highest BCUT2D eigenvalue weighted by Gasteiger charge is 2.35. The summed E-state index contributed by atoms with van der Waals surface area (Å²) in [5.74, 6) is -2.06. The van der Waals surface area contributed by atoms with E-state index in [9.17, 15) is 8.78 Å². The molecule has 2 unspecified atom stereocenters. The summed E-state index contributed by atoms with van der Waals surface area (Å²) in [6, 6.07) is 0.376. The van der Waals surface area contributed by atoms with Crippen molar-refractivity contribution in [3.8, 4) is 0 Å². The molecular weight excluding hydrogens is 198 g/mol. The lowest BCUT2D eigenvalue weighted by molar-refractivity contribution is -0.0672. The highest BCUT2D eigenvalue weighted by atomic mass is 19.3. The molecule has 1 saturated heterocycles. The maximum absolute atomic E-state index is 13.1. The lowest BCUT2D eigenvalue weighted by atomic mass is 10.0. The Morgan fingerprint density at radius 1 is 1.40 bits per heavy atom. The molecule has 0 radical (unpaired) electrons. The van der Waals surface area contributed by atoms with Crippen LogP contribution in [-0.4, -0.2) is 43.5 Å². The van der Waals surface area contributed by atoms with Gasteiger partial charge in [0.15, 0.2) is 0 Å². The van der Waals surface area contributed by atoms with Gasteiger partial charge in [-0.25, -0.2) is 8.78 Å². The van der Waals surface area contributed by atoms with Gasteiger partial charge in [0.05, 0.1) is 6.54 Å². The van der Waals surface area contributed by atoms with E-state index in [1.807, 2.05) is 11.9 Å². The van der Waals surface area contributed by atoms with Crippen molar-refractivity contribution in [2.75, 3.05) is 26.7 Å². The van der Waals surface area contributed by atoms with Crippen LogP contribution in [0, 0.1) is 5.92 Å². The molecule has 1 N–H and O–H groups in total. The van der Waals surface area contributed by atoms with Crippen molar-refractivity contribution >= 4 is 0 Å². The van der Waals surface area contributed by atoms with Crippen molar-refractivity contribution < 1.29 is 8.78 Å². The number of hydrogen-bond acceptors (Lipinski definition) is 2. The highest BCUT2D eigenvalue weighted by Crippen LogP contribution is 2.27. The molecule has 1 fully saturated rings. The fourth-order valence-electron chi connectivity index (χ4n) is 2.05. The predicted octanol–water partition coefficient (Wildman–Crippen LogP) is 1.96. The molecule has 0 spiro atoms. The fourth-order valence-corrected chi connectivity index (χ4v) is 2.05. The zero-order chi connectivity index (χ0) is 11.5. The van der Waals surface area contributed by atoms with E-state index in [1.54, 1.807) is 0 Å². The molecule has 0 aromatic rings. The summed E-state index contributed by atoms with van der Waals surface area (Å²) in [5.41, 5.74) is 0. The Morgan fingerprint density at radius 3 is 2.60 bits per heavy atom. The quantitative estimate of drug-likeness (QED) is 0.779. The molecule has 0 amide bonds. The molecule has 4 heteroatoms. The van der Waals surface area contributed by atoms with Crippen molar-refractivity contribution in [1.29, 1.82) is 0 Å². The third-order valence-corrected chi connectivity index (χ3v) is 3.33. The molecule has 1 heterocycles. The molecule has 0 aromatic heterocycles. The Balaban J connectivity index is 2.38. The molecule has 1 aliphatic rings. The first-order valence-corrected chi connectivity index (χ1v) is 5.72. The molecule has 0 aliphatic carbocycles. The van der Waals surface area contributed by atoms with Crippen molar-refractivity contribution in [2.45, 2.75) is 38.7 Å². The Labute approximate surface area is 91.0 Å². The third kappa shape index (κ3) is 4.03. The largest absolute Gasteiger partial charge is 0.317 e. The maximum atomic E-state index is 13.1. The van der Waals surface area contributed by atoms with Crippen LogP contribution in [-0.2, 0) is 0 Å². The average Bonchev–Trinajstić information content (AvgIpc) is 2.14. The number of piperidine rings is 1. The second-order valence-corrected chi connectivity index (χ2v) is 4.75. The van der Waals surface area contributed by atoms with Crippen LogP contribution in [0.2, 0.25) is 0 Å². The van der Waals surface area contributed by atoms with Crippen LogP contribution < -0.4 is 5.32 Å². The lowest BCUT2D eigenvalue weighted by Gasteiger charge is -2.35. The number of likely N-dealkylation sites (tertiary alicyclic amines) is 1. The van der Waals surface area contributed by atoms with E-state index in [4.69, 9.17) is 0 Å². The first-order chi connectivity index (χ1) is 6.94. The molecule has 15 heavy (non-hydrogen) atoms. The average molecular weight is 220 g/mol. The summed E-state index contributed by atoms with van der Waals surface area (Å²) in [4.78, 5) is 1.89. The van der Waals surface area contributed by atoms with Crippen molar-refractivity contribution in [3.05, 3.63) is 0 Å². The number of rotatable bonds is 4. The molecule has 0 bridgehead atoms. The monoisotopic (exact) mass is 220 g/mol. The van der Waals surface area contributed by atoms with E-state index >= 15 is 0 Å². The van der Waals surface area contributed by atoms with Gasteiger partial charge in [0.1, 0.15) is 0 Å². The first-order valence-electron chi connectivity index (χ1n) is 5.72. The maximum Gasteiger partial charge on any atom is 0.260 e. The predicted molar refractivity (Wildman–Crippen MR) is 58.3 cm³/mol. The van der Waals surface area contributed by atoms with E-state index in [-0.39, 0.29) is 13.0 Å². The zero-order valence-corrected chi connectivity index (χ0v) is 9.89. The van der Waals surface area contributed by atoms with Gasteiger partial charge in [-0.05, 0) is 32.9 Å². The first kappa shape index (κ1) is 12.8. The van der Waals surface area contributed by atoms with Gasteiger partial charge in [0.2, 0.25) is 0 Å². The van der Waals surface area contributed by atoms with Crippen LogP contribution >= 0.6 is 0 Å². The second-order valence-electron chi connectivity index (χ2n) is 4.75. The Morgan fingerprint density at radius 2 is 2.07 bits per heavy atom. The van der Waals surface area contributed by atoms with E-state index in [0.29, 0.717) is 18.4 Å². The third-order valence-electron chi connectivity index (χ3n) is 3.33. The topological polar surface area (TPSA) is 15.3 Å². The van der Waals surface area contributed by atoms with Crippen LogP contribution in [0.4, 0.5) is 8.78 Å². The minimum Gasteiger partial charge on any atom is -0.317 e. The minimum atomic E-state index is -2.47. The van der Waals surface area contributed by atoms with Gasteiger partial charge >= 0.3 is 0 Å². The van der Waals surface area contributed by atoms with Crippen LogP contribution in [0.5, 0.6) is 0 Å². The lowest BCUT2D eigenvalue weighted by Crippen LogP contribution is -2.46. The molecule has 0 saturated carbocycles. The van der Waals surface area contributed by atoms with E-state index in [2.05, 4.69) is 19.2 Å². The molecule has 1 aliphatic heterocycles. The SMILES string of the molecule is CNC(C)C(C)CN1CCCC(F)(F)C1. The summed E-state index contributed by atoms with van der Waals surface area (Å²) >= 11 is 0. The molecule has 2 atom stereocenters. The Hall–Kier alpha value is -0.220. The standard InChI is InChI=1S/C11H22F2N2/c1-9(10(2)14-3)7-15-6-4-5-11(12,13)8-15/h9-10,14H,4-8H2,1-3H3. The molecule has 0 aromatic carbocycles. The van der Waals surface area contributed by atoms with Crippen LogP contribution in [0.15, 0.2) is 0 Å². The molecule has 1 rings (SSSR count). The Bertz CT molecular complexity index is 197. The van der Waals surface area contributed by atoms with Crippen LogP contribution in [0.3, 0.4) is 0 Å². The van der Waals surface area contributed by atoms with Gasteiger partial charge in [-0.2, -0.15) is 0 Å². The summed E-state index contributed by atoms with van der Waals surface area (Å²) in [5, 5.41) is 3.16. The van der Waals surface area contributed by atoms with Gasteiger partial charge < -0.3 is 5.32 Å². The van der Waals surface area contributed by atoms with E-state index in [0.717, 1.165) is 13.1 Å². The second kappa shape index (κ2) is 5.21. The molecular formula is C11H22F2N2. The number of nitrogens with one attached hydrogen (secondary N) is 1. The van der Waals surface area contributed by atoms with Gasteiger partial charge in [0, 0.05) is 19.0 Å². The van der Waals surface area contributed by atoms with Gasteiger partial charge in [0.25, 0.3) is 5.92 Å².